The lowest BCUT2D eigenvalue weighted by Gasteiger charge is -2.11. The molecular weight excluding hydrogens is 281 g/mol. The molecule has 8 heteroatoms. The van der Waals surface area contributed by atoms with E-state index < -0.39 is 0 Å². The minimum absolute atomic E-state index is 0.188. The van der Waals surface area contributed by atoms with E-state index in [1.807, 2.05) is 6.92 Å². The van der Waals surface area contributed by atoms with Crippen LogP contribution in [-0.4, -0.2) is 31.4 Å². The van der Waals surface area contributed by atoms with Gasteiger partial charge in [0.2, 0.25) is 11.1 Å². The van der Waals surface area contributed by atoms with Gasteiger partial charge in [0.1, 0.15) is 5.82 Å². The van der Waals surface area contributed by atoms with Crippen LogP contribution in [0.1, 0.15) is 13.8 Å². The van der Waals surface area contributed by atoms with E-state index >= 15 is 0 Å². The molecule has 1 aromatic heterocycles. The van der Waals surface area contributed by atoms with Crippen LogP contribution in [0.4, 0.5) is 10.1 Å². The van der Waals surface area contributed by atoms with Crippen LogP contribution in [0.2, 0.25) is 0 Å². The summed E-state index contributed by atoms with van der Waals surface area (Å²) in [5.74, 6) is -0.528. The van der Waals surface area contributed by atoms with E-state index in [-0.39, 0.29) is 17.0 Å². The highest BCUT2D eigenvalue weighted by atomic mass is 32.2. The maximum absolute atomic E-state index is 12.8. The van der Waals surface area contributed by atoms with Gasteiger partial charge >= 0.3 is 0 Å². The number of thioether (sulfide) groups is 1. The number of aryl methyl sites for hydroxylation is 1. The van der Waals surface area contributed by atoms with Crippen LogP contribution in [-0.2, 0) is 11.3 Å². The topological polar surface area (TPSA) is 72.7 Å². The minimum atomic E-state index is -0.364. The number of hydrogen-bond acceptors (Lipinski definition) is 5. The molecule has 1 atom stereocenters. The summed E-state index contributed by atoms with van der Waals surface area (Å²) in [6.45, 7) is 4.32. The molecule has 0 aliphatic carbocycles. The van der Waals surface area contributed by atoms with Gasteiger partial charge < -0.3 is 5.32 Å². The van der Waals surface area contributed by atoms with Crippen molar-refractivity contribution in [1.82, 2.24) is 20.2 Å². The first-order valence-corrected chi connectivity index (χ1v) is 6.97. The standard InChI is InChI=1S/C12H14FN5OS/c1-3-18-12(15-16-17-18)20-8(2)11(19)14-10-6-4-9(13)5-7-10/h4-8H,3H2,1-2H3,(H,14,19). The van der Waals surface area contributed by atoms with Gasteiger partial charge in [-0.1, -0.05) is 11.8 Å². The van der Waals surface area contributed by atoms with Crippen LogP contribution >= 0.6 is 11.8 Å². The molecule has 2 rings (SSSR count). The second-order valence-corrected chi connectivity index (χ2v) is 5.34. The minimum Gasteiger partial charge on any atom is -0.325 e. The lowest BCUT2D eigenvalue weighted by molar-refractivity contribution is -0.115. The Morgan fingerprint density at radius 3 is 2.80 bits per heavy atom. The van der Waals surface area contributed by atoms with Crippen LogP contribution in [0.15, 0.2) is 29.4 Å². The number of hydrogen-bond donors (Lipinski definition) is 1. The Balaban J connectivity index is 1.97. The van der Waals surface area contributed by atoms with Gasteiger partial charge in [-0.2, -0.15) is 0 Å². The van der Waals surface area contributed by atoms with Gasteiger partial charge in [0.05, 0.1) is 5.25 Å². The summed E-state index contributed by atoms with van der Waals surface area (Å²) in [6, 6.07) is 5.62. The first kappa shape index (κ1) is 14.4. The Morgan fingerprint density at radius 2 is 2.15 bits per heavy atom. The smallest absolute Gasteiger partial charge is 0.237 e. The number of nitrogens with one attached hydrogen (secondary N) is 1. The third-order valence-corrected chi connectivity index (χ3v) is 3.63. The summed E-state index contributed by atoms with van der Waals surface area (Å²) in [6.07, 6.45) is 0. The van der Waals surface area contributed by atoms with E-state index in [0.717, 1.165) is 0 Å². The number of amides is 1. The SMILES string of the molecule is CCn1nnnc1SC(C)C(=O)Nc1ccc(F)cc1. The van der Waals surface area contributed by atoms with Crippen molar-refractivity contribution in [3.63, 3.8) is 0 Å². The average molecular weight is 295 g/mol. The van der Waals surface area contributed by atoms with Crippen molar-refractivity contribution in [2.24, 2.45) is 0 Å². The molecule has 6 nitrogen and oxygen atoms in total. The summed E-state index contributed by atoms with van der Waals surface area (Å²) < 4.78 is 14.4. The number of benzene rings is 1. The van der Waals surface area contributed by atoms with Crippen LogP contribution in [0.25, 0.3) is 0 Å². The van der Waals surface area contributed by atoms with Crippen molar-refractivity contribution in [2.45, 2.75) is 30.8 Å². The maximum atomic E-state index is 12.8. The number of anilines is 1. The summed E-state index contributed by atoms with van der Waals surface area (Å²) in [5, 5.41) is 14.2. The second-order valence-electron chi connectivity index (χ2n) is 4.03. The Morgan fingerprint density at radius 1 is 1.45 bits per heavy atom. The van der Waals surface area contributed by atoms with Crippen molar-refractivity contribution >= 4 is 23.4 Å². The van der Waals surface area contributed by atoms with Crippen molar-refractivity contribution in [1.29, 1.82) is 0 Å². The zero-order chi connectivity index (χ0) is 14.5. The molecule has 0 aliphatic heterocycles. The van der Waals surface area contributed by atoms with Gasteiger partial charge in [-0.15, -0.1) is 5.10 Å². The molecule has 0 bridgehead atoms. The number of carbonyl (C=O) groups excluding carboxylic acids is 1. The molecule has 0 saturated heterocycles. The third-order valence-electron chi connectivity index (χ3n) is 2.56. The molecule has 1 amide bonds. The van der Waals surface area contributed by atoms with Gasteiger partial charge in [0.25, 0.3) is 0 Å². The van der Waals surface area contributed by atoms with Crippen molar-refractivity contribution in [3.05, 3.63) is 30.1 Å². The largest absolute Gasteiger partial charge is 0.325 e. The van der Waals surface area contributed by atoms with Crippen molar-refractivity contribution < 1.29 is 9.18 Å². The molecule has 1 N–H and O–H groups in total. The lowest BCUT2D eigenvalue weighted by atomic mass is 10.3. The first-order valence-electron chi connectivity index (χ1n) is 6.09. The van der Waals surface area contributed by atoms with Crippen molar-refractivity contribution in [3.8, 4) is 0 Å². The van der Waals surface area contributed by atoms with Gasteiger partial charge in [-0.05, 0) is 48.5 Å². The molecule has 0 fully saturated rings. The van der Waals surface area contributed by atoms with E-state index in [0.29, 0.717) is 17.4 Å². The normalized spacial score (nSPS) is 12.2. The highest BCUT2D eigenvalue weighted by molar-refractivity contribution is 8.00. The molecule has 1 aromatic carbocycles. The predicted octanol–water partition coefficient (Wildman–Crippen LogP) is 1.95. The number of carbonyl (C=O) groups is 1. The van der Waals surface area contributed by atoms with Crippen LogP contribution < -0.4 is 5.32 Å². The number of nitrogens with zero attached hydrogens (tertiary/aromatic N) is 4. The summed E-state index contributed by atoms with van der Waals surface area (Å²) in [4.78, 5) is 12.0. The second kappa shape index (κ2) is 6.47. The molecule has 0 aliphatic rings. The van der Waals surface area contributed by atoms with Gasteiger partial charge in [0.15, 0.2) is 0 Å². The zero-order valence-electron chi connectivity index (χ0n) is 11.1. The van der Waals surface area contributed by atoms with E-state index in [2.05, 4.69) is 20.8 Å². The van der Waals surface area contributed by atoms with Gasteiger partial charge in [-0.3, -0.25) is 4.79 Å². The molecule has 0 spiro atoms. The van der Waals surface area contributed by atoms with Crippen LogP contribution in [0, 0.1) is 5.82 Å². The van der Waals surface area contributed by atoms with E-state index in [4.69, 9.17) is 0 Å². The fourth-order valence-corrected chi connectivity index (χ4v) is 2.32. The summed E-state index contributed by atoms with van der Waals surface area (Å²) in [5.41, 5.74) is 0.555. The monoisotopic (exact) mass is 295 g/mol. The third kappa shape index (κ3) is 3.53. The van der Waals surface area contributed by atoms with Crippen molar-refractivity contribution in [2.75, 3.05) is 5.32 Å². The molecule has 1 unspecified atom stereocenters. The molecular formula is C12H14FN5OS. The zero-order valence-corrected chi connectivity index (χ0v) is 11.9. The molecule has 1 heterocycles. The number of halogens is 1. The number of tetrazole rings is 1. The molecule has 20 heavy (non-hydrogen) atoms. The molecule has 2 aromatic rings. The Hall–Kier alpha value is -1.96. The predicted molar refractivity (Wildman–Crippen MR) is 73.8 cm³/mol. The highest BCUT2D eigenvalue weighted by Gasteiger charge is 2.18. The van der Waals surface area contributed by atoms with E-state index in [1.54, 1.807) is 11.6 Å². The molecule has 106 valence electrons. The summed E-state index contributed by atoms with van der Waals surface area (Å²) >= 11 is 1.27. The average Bonchev–Trinajstić information content (AvgIpc) is 2.88. The van der Waals surface area contributed by atoms with Crippen LogP contribution in [0.3, 0.4) is 0 Å². The molecule has 0 saturated carbocycles. The maximum Gasteiger partial charge on any atom is 0.237 e. The van der Waals surface area contributed by atoms with Crippen LogP contribution in [0.5, 0.6) is 0 Å². The fourth-order valence-electron chi connectivity index (χ4n) is 1.47. The summed E-state index contributed by atoms with van der Waals surface area (Å²) in [7, 11) is 0. The van der Waals surface area contributed by atoms with Gasteiger partial charge in [0, 0.05) is 12.2 Å². The Bertz CT molecular complexity index is 586. The first-order chi connectivity index (χ1) is 9.60. The Labute approximate surface area is 119 Å². The van der Waals surface area contributed by atoms with Gasteiger partial charge in [-0.25, -0.2) is 9.07 Å². The number of rotatable bonds is 5. The fraction of sp³-hybridized carbons (Fsp3) is 0.333. The highest BCUT2D eigenvalue weighted by Crippen LogP contribution is 2.21. The van der Waals surface area contributed by atoms with E-state index in [1.165, 1.54) is 36.0 Å². The molecule has 0 radical (unpaired) electrons. The lowest BCUT2D eigenvalue weighted by Crippen LogP contribution is -2.23. The van der Waals surface area contributed by atoms with E-state index in [9.17, 15) is 9.18 Å². The Kier molecular flexibility index (Phi) is 4.67. The number of aromatic nitrogens is 4. The quantitative estimate of drug-likeness (QED) is 0.854.